The van der Waals surface area contributed by atoms with E-state index in [2.05, 4.69) is 15.4 Å². The summed E-state index contributed by atoms with van der Waals surface area (Å²) < 4.78 is 9.32. The smallest absolute Gasteiger partial charge is 0.339 e. The largest absolute Gasteiger partial charge is 0.465 e. The Morgan fingerprint density at radius 1 is 0.759 bits per heavy atom. The van der Waals surface area contributed by atoms with Crippen LogP contribution in [0.25, 0.3) is 0 Å². The predicted molar refractivity (Wildman–Crippen MR) is 107 cm³/mol. The lowest BCUT2D eigenvalue weighted by Crippen LogP contribution is -2.41. The third-order valence-corrected chi connectivity index (χ3v) is 4.28. The number of hydrogen-bond acceptors (Lipinski definition) is 6. The number of methoxy groups -OCH3 is 2. The lowest BCUT2D eigenvalue weighted by atomic mass is 9.90. The second-order valence-electron chi connectivity index (χ2n) is 6.64. The molecule has 0 saturated heterocycles. The second-order valence-corrected chi connectivity index (χ2v) is 6.64. The molecular formula is C21H22N2O6. The molecule has 0 aliphatic carbocycles. The number of benzene rings is 2. The number of hydrogen-bond donors (Lipinski definition) is 2. The van der Waals surface area contributed by atoms with Crippen LogP contribution in [0, 0.1) is 5.41 Å². The highest BCUT2D eigenvalue weighted by Crippen LogP contribution is 2.24. The van der Waals surface area contributed by atoms with Gasteiger partial charge in [-0.05, 0) is 50.2 Å². The summed E-state index contributed by atoms with van der Waals surface area (Å²) in [6.45, 7) is 2.92. The molecule has 0 radical (unpaired) electrons. The van der Waals surface area contributed by atoms with Crippen molar-refractivity contribution in [1.29, 1.82) is 0 Å². The summed E-state index contributed by atoms with van der Waals surface area (Å²) in [5, 5.41) is 5.24. The van der Waals surface area contributed by atoms with Gasteiger partial charge in [-0.1, -0.05) is 12.1 Å². The van der Waals surface area contributed by atoms with Gasteiger partial charge in [-0.25, -0.2) is 9.59 Å². The van der Waals surface area contributed by atoms with Gasteiger partial charge in [0.25, 0.3) is 0 Å². The number of carbonyl (C=O) groups is 4. The summed E-state index contributed by atoms with van der Waals surface area (Å²) in [4.78, 5) is 48.7. The molecule has 0 spiro atoms. The van der Waals surface area contributed by atoms with Crippen molar-refractivity contribution in [2.24, 2.45) is 5.41 Å². The third kappa shape index (κ3) is 4.98. The van der Waals surface area contributed by atoms with E-state index in [1.165, 1.54) is 58.4 Å². The quantitative estimate of drug-likeness (QED) is 0.572. The van der Waals surface area contributed by atoms with Crippen LogP contribution in [-0.2, 0) is 19.1 Å². The van der Waals surface area contributed by atoms with Crippen molar-refractivity contribution in [3.63, 3.8) is 0 Å². The van der Waals surface area contributed by atoms with Gasteiger partial charge in [-0.2, -0.15) is 0 Å². The Hall–Kier alpha value is -3.68. The highest BCUT2D eigenvalue weighted by atomic mass is 16.5. The fourth-order valence-corrected chi connectivity index (χ4v) is 2.36. The molecule has 29 heavy (non-hydrogen) atoms. The normalized spacial score (nSPS) is 10.6. The van der Waals surface area contributed by atoms with Gasteiger partial charge in [0, 0.05) is 5.69 Å². The van der Waals surface area contributed by atoms with Crippen molar-refractivity contribution >= 4 is 35.1 Å². The molecule has 2 N–H and O–H groups in total. The van der Waals surface area contributed by atoms with Crippen molar-refractivity contribution in [2.45, 2.75) is 13.8 Å². The number of esters is 2. The molecule has 0 aliphatic rings. The van der Waals surface area contributed by atoms with E-state index in [-0.39, 0.29) is 11.3 Å². The maximum Gasteiger partial charge on any atom is 0.339 e. The van der Waals surface area contributed by atoms with Gasteiger partial charge in [-0.15, -0.1) is 0 Å². The van der Waals surface area contributed by atoms with E-state index in [0.29, 0.717) is 11.3 Å². The zero-order chi connectivity index (χ0) is 21.6. The summed E-state index contributed by atoms with van der Waals surface area (Å²) >= 11 is 0. The Morgan fingerprint density at radius 3 is 1.90 bits per heavy atom. The fraction of sp³-hybridized carbons (Fsp3) is 0.238. The summed E-state index contributed by atoms with van der Waals surface area (Å²) in [6, 6.07) is 12.4. The van der Waals surface area contributed by atoms with Gasteiger partial charge in [0.2, 0.25) is 11.8 Å². The molecule has 2 amide bonds. The number of ether oxygens (including phenoxy) is 2. The van der Waals surface area contributed by atoms with E-state index < -0.39 is 29.2 Å². The van der Waals surface area contributed by atoms with Gasteiger partial charge < -0.3 is 20.1 Å². The summed E-state index contributed by atoms with van der Waals surface area (Å²) in [5.41, 5.74) is -0.282. The van der Waals surface area contributed by atoms with Crippen LogP contribution in [0.2, 0.25) is 0 Å². The lowest BCUT2D eigenvalue weighted by molar-refractivity contribution is -0.135. The molecule has 8 nitrogen and oxygen atoms in total. The van der Waals surface area contributed by atoms with Crippen LogP contribution in [0.3, 0.4) is 0 Å². The van der Waals surface area contributed by atoms with Gasteiger partial charge >= 0.3 is 11.9 Å². The van der Waals surface area contributed by atoms with Gasteiger partial charge in [0.1, 0.15) is 5.41 Å². The molecule has 2 aromatic rings. The summed E-state index contributed by atoms with van der Waals surface area (Å²) in [6.07, 6.45) is 0. The Balaban J connectivity index is 2.13. The molecular weight excluding hydrogens is 376 g/mol. The highest BCUT2D eigenvalue weighted by molar-refractivity contribution is 6.15. The van der Waals surface area contributed by atoms with Gasteiger partial charge in [0.05, 0.1) is 31.0 Å². The van der Waals surface area contributed by atoms with Crippen LogP contribution in [0.1, 0.15) is 34.6 Å². The molecule has 0 heterocycles. The second kappa shape index (κ2) is 9.01. The number of carbonyl (C=O) groups excluding carboxylic acids is 4. The zero-order valence-electron chi connectivity index (χ0n) is 16.6. The predicted octanol–water partition coefficient (Wildman–Crippen LogP) is 2.86. The third-order valence-electron chi connectivity index (χ3n) is 4.28. The average molecular weight is 398 g/mol. The van der Waals surface area contributed by atoms with E-state index in [4.69, 9.17) is 4.74 Å². The molecule has 0 aliphatic heterocycles. The highest BCUT2D eigenvalue weighted by Gasteiger charge is 2.36. The molecule has 0 bridgehead atoms. The van der Waals surface area contributed by atoms with Crippen LogP contribution in [0.15, 0.2) is 48.5 Å². The van der Waals surface area contributed by atoms with Crippen LogP contribution in [-0.4, -0.2) is 38.0 Å². The monoisotopic (exact) mass is 398 g/mol. The Morgan fingerprint density at radius 2 is 1.31 bits per heavy atom. The molecule has 0 unspecified atom stereocenters. The minimum atomic E-state index is -1.45. The first-order chi connectivity index (χ1) is 13.7. The number of para-hydroxylation sites is 1. The minimum Gasteiger partial charge on any atom is -0.465 e. The molecule has 152 valence electrons. The molecule has 0 aromatic heterocycles. The van der Waals surface area contributed by atoms with Crippen molar-refractivity contribution < 1.29 is 28.7 Å². The van der Waals surface area contributed by atoms with Gasteiger partial charge in [0.15, 0.2) is 0 Å². The Bertz CT molecular complexity index is 934. The van der Waals surface area contributed by atoms with Crippen molar-refractivity contribution in [2.75, 3.05) is 24.9 Å². The minimum absolute atomic E-state index is 0.179. The van der Waals surface area contributed by atoms with Crippen molar-refractivity contribution in [3.05, 3.63) is 59.7 Å². The van der Waals surface area contributed by atoms with E-state index >= 15 is 0 Å². The zero-order valence-corrected chi connectivity index (χ0v) is 16.6. The van der Waals surface area contributed by atoms with Gasteiger partial charge in [-0.3, -0.25) is 9.59 Å². The van der Waals surface area contributed by atoms with Crippen molar-refractivity contribution in [3.8, 4) is 0 Å². The lowest BCUT2D eigenvalue weighted by Gasteiger charge is -2.23. The first-order valence-corrected chi connectivity index (χ1v) is 8.69. The maximum absolute atomic E-state index is 12.7. The number of rotatable bonds is 6. The number of nitrogens with one attached hydrogen (secondary N) is 2. The summed E-state index contributed by atoms with van der Waals surface area (Å²) in [5.74, 6) is -2.25. The molecule has 0 atom stereocenters. The number of anilines is 2. The first-order valence-electron chi connectivity index (χ1n) is 8.69. The molecule has 0 saturated carbocycles. The standard InChI is InChI=1S/C21H22N2O6/c1-21(2,19(26)22-14-11-9-13(10-12-14)17(24)28-3)20(27)23-16-8-6-5-7-15(16)18(25)29-4/h5-12H,1-4H3,(H,22,26)(H,23,27). The van der Waals surface area contributed by atoms with Crippen molar-refractivity contribution in [1.82, 2.24) is 0 Å². The van der Waals surface area contributed by atoms with E-state index in [1.54, 1.807) is 18.2 Å². The first kappa shape index (κ1) is 21.6. The number of amides is 2. The Labute approximate surface area is 168 Å². The van der Waals surface area contributed by atoms with Crippen LogP contribution in [0.5, 0.6) is 0 Å². The summed E-state index contributed by atoms with van der Waals surface area (Å²) in [7, 11) is 2.52. The average Bonchev–Trinajstić information content (AvgIpc) is 2.73. The molecule has 0 fully saturated rings. The van der Waals surface area contributed by atoms with Crippen LogP contribution >= 0.6 is 0 Å². The SMILES string of the molecule is COC(=O)c1ccc(NC(=O)C(C)(C)C(=O)Nc2ccccc2C(=O)OC)cc1. The topological polar surface area (TPSA) is 111 Å². The van der Waals surface area contributed by atoms with Crippen LogP contribution < -0.4 is 10.6 Å². The fourth-order valence-electron chi connectivity index (χ4n) is 2.36. The van der Waals surface area contributed by atoms with E-state index in [1.807, 2.05) is 0 Å². The molecule has 2 rings (SSSR count). The van der Waals surface area contributed by atoms with Crippen LogP contribution in [0.4, 0.5) is 11.4 Å². The van der Waals surface area contributed by atoms with E-state index in [9.17, 15) is 19.2 Å². The van der Waals surface area contributed by atoms with E-state index in [0.717, 1.165) is 0 Å². The maximum atomic E-state index is 12.7. The molecule has 8 heteroatoms. The Kier molecular flexibility index (Phi) is 6.71. The molecule has 2 aromatic carbocycles.